The van der Waals surface area contributed by atoms with E-state index in [2.05, 4.69) is 26.2 Å². The van der Waals surface area contributed by atoms with Crippen molar-refractivity contribution in [2.75, 3.05) is 7.11 Å². The van der Waals surface area contributed by atoms with Crippen molar-refractivity contribution in [1.82, 2.24) is 5.32 Å². The fraction of sp³-hybridized carbons (Fsp3) is 0.0588. The topological polar surface area (TPSA) is 93.8 Å². The van der Waals surface area contributed by atoms with E-state index in [0.29, 0.717) is 21.3 Å². The van der Waals surface area contributed by atoms with E-state index in [0.717, 1.165) is 4.47 Å². The highest BCUT2D eigenvalue weighted by atomic mass is 79.9. The van der Waals surface area contributed by atoms with Crippen LogP contribution in [-0.2, 0) is 4.79 Å². The van der Waals surface area contributed by atoms with E-state index in [-0.39, 0.29) is 17.3 Å². The van der Waals surface area contributed by atoms with Crippen LogP contribution in [0.2, 0.25) is 0 Å². The average molecular weight is 434 g/mol. The monoisotopic (exact) mass is 433 g/mol. The predicted octanol–water partition coefficient (Wildman–Crippen LogP) is 4.26. The van der Waals surface area contributed by atoms with Gasteiger partial charge in [-0.2, -0.15) is 0 Å². The maximum atomic E-state index is 12.1. The van der Waals surface area contributed by atoms with Crippen LogP contribution in [0.4, 0.5) is 11.4 Å². The molecule has 132 valence electrons. The third kappa shape index (κ3) is 4.12. The van der Waals surface area contributed by atoms with Crippen molar-refractivity contribution in [2.45, 2.75) is 0 Å². The second-order valence-electron chi connectivity index (χ2n) is 5.15. The van der Waals surface area contributed by atoms with Gasteiger partial charge in [0, 0.05) is 10.5 Å². The molecule has 9 heteroatoms. The molecule has 2 aromatic rings. The van der Waals surface area contributed by atoms with Gasteiger partial charge in [0.2, 0.25) is 0 Å². The van der Waals surface area contributed by atoms with Crippen LogP contribution in [0.5, 0.6) is 5.75 Å². The lowest BCUT2D eigenvalue weighted by Crippen LogP contribution is -2.19. The van der Waals surface area contributed by atoms with Crippen LogP contribution in [0.25, 0.3) is 6.08 Å². The molecule has 0 radical (unpaired) electrons. The molecule has 1 aliphatic heterocycles. The number of nitrogens with zero attached hydrogens (tertiary/aromatic N) is 2. The Morgan fingerprint density at radius 3 is 2.81 bits per heavy atom. The Balaban J connectivity index is 1.87. The number of carbonyl (C=O) groups is 1. The molecular formula is C17H12BrN3O4S. The summed E-state index contributed by atoms with van der Waals surface area (Å²) in [5, 5.41) is 14.2. The number of nitrogens with one attached hydrogen (secondary N) is 1. The quantitative estimate of drug-likeness (QED) is 0.441. The van der Waals surface area contributed by atoms with Crippen LogP contribution in [0.3, 0.4) is 0 Å². The summed E-state index contributed by atoms with van der Waals surface area (Å²) in [6, 6.07) is 11.9. The molecule has 0 atom stereocenters. The minimum atomic E-state index is -0.525. The molecule has 1 fully saturated rings. The van der Waals surface area contributed by atoms with E-state index in [1.165, 1.54) is 31.0 Å². The summed E-state index contributed by atoms with van der Waals surface area (Å²) in [6.45, 7) is 0. The van der Waals surface area contributed by atoms with Crippen molar-refractivity contribution in [3.05, 3.63) is 67.5 Å². The van der Waals surface area contributed by atoms with Crippen LogP contribution < -0.4 is 10.1 Å². The number of rotatable bonds is 4. The lowest BCUT2D eigenvalue weighted by molar-refractivity contribution is -0.385. The fourth-order valence-corrected chi connectivity index (χ4v) is 3.46. The second-order valence-corrected chi connectivity index (χ2v) is 7.10. The van der Waals surface area contributed by atoms with Gasteiger partial charge < -0.3 is 10.1 Å². The van der Waals surface area contributed by atoms with Gasteiger partial charge in [0.1, 0.15) is 0 Å². The maximum absolute atomic E-state index is 12.1. The Morgan fingerprint density at radius 1 is 1.31 bits per heavy atom. The molecule has 0 unspecified atom stereocenters. The number of hydrogen-bond donors (Lipinski definition) is 1. The lowest BCUT2D eigenvalue weighted by atomic mass is 10.1. The van der Waals surface area contributed by atoms with Crippen LogP contribution in [0.1, 0.15) is 5.56 Å². The molecule has 1 heterocycles. The number of halogens is 1. The van der Waals surface area contributed by atoms with E-state index in [9.17, 15) is 14.9 Å². The standard InChI is InChI=1S/C17H12BrN3O4S/c1-25-14-6-5-10(7-13(14)21(23)24)8-15-16(22)20-17(26-15)19-12-4-2-3-11(18)9-12/h2-9H,1H3,(H,19,20,22)/b15-8-. The van der Waals surface area contributed by atoms with Gasteiger partial charge in [0.15, 0.2) is 10.9 Å². The zero-order chi connectivity index (χ0) is 18.7. The third-order valence-electron chi connectivity index (χ3n) is 3.39. The van der Waals surface area contributed by atoms with Crippen LogP contribution in [0, 0.1) is 10.1 Å². The van der Waals surface area contributed by atoms with E-state index in [1.54, 1.807) is 12.1 Å². The maximum Gasteiger partial charge on any atom is 0.311 e. The number of amidine groups is 1. The number of hydrogen-bond acceptors (Lipinski definition) is 6. The molecule has 1 amide bonds. The normalized spacial score (nSPS) is 16.8. The Kier molecular flexibility index (Phi) is 5.38. The molecular weight excluding hydrogens is 422 g/mol. The molecule has 1 N–H and O–H groups in total. The molecule has 0 aromatic heterocycles. The average Bonchev–Trinajstić information content (AvgIpc) is 2.94. The molecule has 0 bridgehead atoms. The number of methoxy groups -OCH3 is 1. The summed E-state index contributed by atoms with van der Waals surface area (Å²) in [7, 11) is 1.37. The second kappa shape index (κ2) is 7.71. The summed E-state index contributed by atoms with van der Waals surface area (Å²) in [4.78, 5) is 27.5. The number of carbonyl (C=O) groups excluding carboxylic acids is 1. The van der Waals surface area contributed by atoms with Crippen LogP contribution in [-0.4, -0.2) is 23.1 Å². The molecule has 1 aliphatic rings. The SMILES string of the molecule is COc1ccc(/C=C2\SC(=Nc3cccc(Br)c3)NC2=O)cc1[N+](=O)[O-]. The Bertz CT molecular complexity index is 959. The van der Waals surface area contributed by atoms with Gasteiger partial charge in [-0.1, -0.05) is 28.1 Å². The Labute approximate surface area is 161 Å². The molecule has 2 aromatic carbocycles. The first-order chi connectivity index (χ1) is 12.5. The zero-order valence-corrected chi connectivity index (χ0v) is 15.8. The first-order valence-electron chi connectivity index (χ1n) is 7.34. The minimum absolute atomic E-state index is 0.159. The van der Waals surface area contributed by atoms with Crippen molar-refractivity contribution < 1.29 is 14.5 Å². The predicted molar refractivity (Wildman–Crippen MR) is 105 cm³/mol. The highest BCUT2D eigenvalue weighted by Crippen LogP contribution is 2.32. The van der Waals surface area contributed by atoms with E-state index in [1.807, 2.05) is 24.3 Å². The van der Waals surface area contributed by atoms with Gasteiger partial charge in [-0.05, 0) is 47.7 Å². The summed E-state index contributed by atoms with van der Waals surface area (Å²) >= 11 is 4.54. The molecule has 7 nitrogen and oxygen atoms in total. The van der Waals surface area contributed by atoms with Gasteiger partial charge in [0.05, 0.1) is 22.6 Å². The summed E-state index contributed by atoms with van der Waals surface area (Å²) in [6.07, 6.45) is 1.58. The number of benzene rings is 2. The molecule has 0 aliphatic carbocycles. The fourth-order valence-electron chi connectivity index (χ4n) is 2.23. The third-order valence-corrected chi connectivity index (χ3v) is 4.79. The largest absolute Gasteiger partial charge is 0.490 e. The lowest BCUT2D eigenvalue weighted by Gasteiger charge is -2.02. The van der Waals surface area contributed by atoms with Crippen molar-refractivity contribution in [3.63, 3.8) is 0 Å². The molecule has 1 saturated heterocycles. The number of amides is 1. The first-order valence-corrected chi connectivity index (χ1v) is 8.95. The number of aliphatic imine (C=N–C) groups is 1. The van der Waals surface area contributed by atoms with Crippen molar-refractivity contribution in [1.29, 1.82) is 0 Å². The van der Waals surface area contributed by atoms with Gasteiger partial charge in [-0.15, -0.1) is 0 Å². The van der Waals surface area contributed by atoms with Crippen molar-refractivity contribution >= 4 is 56.2 Å². The Hall–Kier alpha value is -2.65. The highest BCUT2D eigenvalue weighted by molar-refractivity contribution is 9.10. The number of nitro benzene ring substituents is 1. The van der Waals surface area contributed by atoms with Crippen molar-refractivity contribution in [3.8, 4) is 5.75 Å². The Morgan fingerprint density at radius 2 is 2.12 bits per heavy atom. The highest BCUT2D eigenvalue weighted by Gasteiger charge is 2.24. The van der Waals surface area contributed by atoms with Gasteiger partial charge in [0.25, 0.3) is 5.91 Å². The van der Waals surface area contributed by atoms with E-state index in [4.69, 9.17) is 4.74 Å². The van der Waals surface area contributed by atoms with E-state index < -0.39 is 4.92 Å². The number of nitro groups is 1. The zero-order valence-electron chi connectivity index (χ0n) is 13.4. The van der Waals surface area contributed by atoms with Crippen LogP contribution in [0.15, 0.2) is 56.8 Å². The van der Waals surface area contributed by atoms with Crippen molar-refractivity contribution in [2.24, 2.45) is 4.99 Å². The molecule has 3 rings (SSSR count). The number of thioether (sulfide) groups is 1. The van der Waals surface area contributed by atoms with Crippen LogP contribution >= 0.6 is 27.7 Å². The van der Waals surface area contributed by atoms with Gasteiger partial charge in [-0.3, -0.25) is 14.9 Å². The molecule has 26 heavy (non-hydrogen) atoms. The summed E-state index contributed by atoms with van der Waals surface area (Å²) in [5.41, 5.74) is 1.07. The summed E-state index contributed by atoms with van der Waals surface area (Å²) < 4.78 is 5.86. The molecule has 0 spiro atoms. The van der Waals surface area contributed by atoms with Gasteiger partial charge >= 0.3 is 5.69 Å². The summed E-state index contributed by atoms with van der Waals surface area (Å²) in [5.74, 6) is -0.139. The number of ether oxygens (including phenoxy) is 1. The van der Waals surface area contributed by atoms with Gasteiger partial charge in [-0.25, -0.2) is 4.99 Å². The smallest absolute Gasteiger partial charge is 0.311 e. The first kappa shape index (κ1) is 18.2. The minimum Gasteiger partial charge on any atom is -0.490 e. The van der Waals surface area contributed by atoms with E-state index >= 15 is 0 Å². The molecule has 0 saturated carbocycles.